The number of benzene rings is 4. The monoisotopic (exact) mass is 673 g/mol. The molecule has 0 unspecified atom stereocenters. The molecule has 0 atom stereocenters. The molecule has 0 fully saturated rings. The fourth-order valence-corrected chi connectivity index (χ4v) is 7.69. The zero-order valence-corrected chi connectivity index (χ0v) is 29.2. The molecule has 4 aromatic heterocycles. The van der Waals surface area contributed by atoms with E-state index in [1.807, 2.05) is 61.9 Å². The Labute approximate surface area is 302 Å². The fraction of sp³-hybridized carbons (Fsp3) is 0.0870. The number of hydrogen-bond donors (Lipinski definition) is 0. The number of fused-ring (bicyclic) bond motifs is 7. The van der Waals surface area contributed by atoms with E-state index in [4.69, 9.17) is 19.4 Å². The third kappa shape index (κ3) is 4.95. The number of allylic oxidation sites excluding steroid dienone is 2. The van der Waals surface area contributed by atoms with Gasteiger partial charge in [-0.3, -0.25) is 14.9 Å². The molecule has 0 bridgehead atoms. The molecule has 0 aliphatic carbocycles. The van der Waals surface area contributed by atoms with E-state index in [0.717, 1.165) is 89.3 Å². The van der Waals surface area contributed by atoms with Gasteiger partial charge in [-0.2, -0.15) is 0 Å². The van der Waals surface area contributed by atoms with E-state index in [0.29, 0.717) is 5.95 Å². The summed E-state index contributed by atoms with van der Waals surface area (Å²) in [6.07, 6.45) is 11.5. The summed E-state index contributed by atoms with van der Waals surface area (Å²) in [7, 11) is 0. The number of pyridine rings is 2. The zero-order chi connectivity index (χ0) is 35.4. The average molecular weight is 674 g/mol. The lowest BCUT2D eigenvalue weighted by atomic mass is 9.74. The second-order valence-electron chi connectivity index (χ2n) is 13.6. The average Bonchev–Trinajstić information content (AvgIpc) is 3.53. The maximum atomic E-state index is 6.83. The van der Waals surface area contributed by atoms with Crippen molar-refractivity contribution in [2.45, 2.75) is 26.2 Å². The molecule has 5 heterocycles. The van der Waals surface area contributed by atoms with Gasteiger partial charge in [-0.25, -0.2) is 9.97 Å². The smallest absolute Gasteiger partial charge is 0.235 e. The summed E-state index contributed by atoms with van der Waals surface area (Å²) in [5.74, 6) is 1.33. The summed E-state index contributed by atoms with van der Waals surface area (Å²) in [5.41, 5.74) is 10.9. The normalized spacial score (nSPS) is 13.4. The number of aromatic nitrogens is 4. The molecule has 52 heavy (non-hydrogen) atoms. The van der Waals surface area contributed by atoms with Crippen molar-refractivity contribution < 1.29 is 4.42 Å². The van der Waals surface area contributed by atoms with Crippen LogP contribution in [0.25, 0.3) is 61.5 Å². The second-order valence-corrected chi connectivity index (χ2v) is 13.6. The molecule has 8 aromatic rings. The molecule has 4 aromatic carbocycles. The highest BCUT2D eigenvalue weighted by Gasteiger charge is 2.43. The van der Waals surface area contributed by atoms with Crippen LogP contribution >= 0.6 is 0 Å². The van der Waals surface area contributed by atoms with Crippen LogP contribution in [0.2, 0.25) is 0 Å². The Morgan fingerprint density at radius 2 is 1.44 bits per heavy atom. The minimum atomic E-state index is -0.502. The lowest BCUT2D eigenvalue weighted by Gasteiger charge is -2.40. The summed E-state index contributed by atoms with van der Waals surface area (Å²) in [6, 6.07) is 37.5. The highest BCUT2D eigenvalue weighted by molar-refractivity contribution is 6.18. The first kappa shape index (κ1) is 31.3. The zero-order valence-electron chi connectivity index (χ0n) is 29.2. The van der Waals surface area contributed by atoms with Crippen LogP contribution in [0.3, 0.4) is 0 Å². The predicted octanol–water partition coefficient (Wildman–Crippen LogP) is 11.8. The molecule has 1 aliphatic heterocycles. The first-order chi connectivity index (χ1) is 25.4. The molecule has 0 amide bonds. The van der Waals surface area contributed by atoms with Crippen molar-refractivity contribution in [3.8, 4) is 33.6 Å². The van der Waals surface area contributed by atoms with E-state index in [2.05, 4.69) is 115 Å². The standard InChI is InChI=1S/C46H35N5O/c1-5-6-21-34-29(2)52-43-40(34)36-28-47-25-23-35(36)41-42(43)51(39-22-14-24-48-44(39)46(41,3)4)45-49-37(31-17-11-8-12-18-31)27-38(50-45)33-20-13-19-32(26-33)30-15-9-7-10-16-30/h5-28H,1H2,2-4H3/b21-6-. The van der Waals surface area contributed by atoms with Gasteiger partial charge >= 0.3 is 0 Å². The van der Waals surface area contributed by atoms with Crippen LogP contribution in [0.15, 0.2) is 151 Å². The second kappa shape index (κ2) is 12.3. The van der Waals surface area contributed by atoms with Gasteiger partial charge in [-0.1, -0.05) is 104 Å². The molecule has 0 N–H and O–H groups in total. The van der Waals surface area contributed by atoms with Gasteiger partial charge < -0.3 is 4.42 Å². The third-order valence-electron chi connectivity index (χ3n) is 10.1. The molecule has 0 saturated carbocycles. The van der Waals surface area contributed by atoms with Gasteiger partial charge in [0.1, 0.15) is 5.76 Å². The molecule has 1 aliphatic rings. The highest BCUT2D eigenvalue weighted by atomic mass is 16.3. The molecule has 6 heteroatoms. The van der Waals surface area contributed by atoms with E-state index >= 15 is 0 Å². The van der Waals surface area contributed by atoms with Crippen molar-refractivity contribution in [1.82, 2.24) is 19.9 Å². The summed E-state index contributed by atoms with van der Waals surface area (Å²) < 4.78 is 6.83. The van der Waals surface area contributed by atoms with E-state index in [1.54, 1.807) is 6.08 Å². The van der Waals surface area contributed by atoms with Crippen molar-refractivity contribution in [2.24, 2.45) is 0 Å². The SMILES string of the molecule is C=C/C=C\c1c(C)oc2c3c(c4ccncc4c12)C(C)(C)c1ncccc1N3c1nc(-c2ccccc2)cc(-c2cccc(-c3ccccc3)c2)n1. The Morgan fingerprint density at radius 3 is 2.21 bits per heavy atom. The largest absolute Gasteiger partial charge is 0.458 e. The minimum Gasteiger partial charge on any atom is -0.458 e. The Hall–Kier alpha value is -6.66. The molecule has 0 spiro atoms. The summed E-state index contributed by atoms with van der Waals surface area (Å²) in [6.45, 7) is 10.4. The van der Waals surface area contributed by atoms with Gasteiger partial charge in [0.2, 0.25) is 5.95 Å². The van der Waals surface area contributed by atoms with Gasteiger partial charge in [0.25, 0.3) is 0 Å². The first-order valence-electron chi connectivity index (χ1n) is 17.4. The van der Waals surface area contributed by atoms with Crippen molar-refractivity contribution >= 4 is 45.1 Å². The van der Waals surface area contributed by atoms with E-state index in [1.165, 1.54) is 0 Å². The maximum Gasteiger partial charge on any atom is 0.235 e. The van der Waals surface area contributed by atoms with Crippen molar-refractivity contribution in [1.29, 1.82) is 0 Å². The Kier molecular flexibility index (Phi) is 7.40. The van der Waals surface area contributed by atoms with Gasteiger partial charge in [0.15, 0.2) is 5.58 Å². The molecule has 0 saturated heterocycles. The van der Waals surface area contributed by atoms with E-state index in [9.17, 15) is 0 Å². The topological polar surface area (TPSA) is 67.9 Å². The van der Waals surface area contributed by atoms with Crippen LogP contribution in [-0.2, 0) is 5.41 Å². The van der Waals surface area contributed by atoms with Crippen LogP contribution in [0.5, 0.6) is 0 Å². The van der Waals surface area contributed by atoms with Crippen LogP contribution < -0.4 is 4.90 Å². The van der Waals surface area contributed by atoms with Gasteiger partial charge in [-0.05, 0) is 73.2 Å². The van der Waals surface area contributed by atoms with Gasteiger partial charge in [0, 0.05) is 51.5 Å². The van der Waals surface area contributed by atoms with Crippen molar-refractivity contribution in [3.63, 3.8) is 0 Å². The Morgan fingerprint density at radius 1 is 0.731 bits per heavy atom. The molecular weight excluding hydrogens is 639 g/mol. The van der Waals surface area contributed by atoms with Crippen LogP contribution in [0, 0.1) is 6.92 Å². The van der Waals surface area contributed by atoms with Crippen LogP contribution in [0.4, 0.5) is 17.3 Å². The summed E-state index contributed by atoms with van der Waals surface area (Å²) in [5, 5.41) is 3.08. The number of aryl methyl sites for hydroxylation is 1. The van der Waals surface area contributed by atoms with E-state index < -0.39 is 5.41 Å². The van der Waals surface area contributed by atoms with Gasteiger partial charge in [0.05, 0.1) is 28.5 Å². The van der Waals surface area contributed by atoms with Crippen molar-refractivity contribution in [2.75, 3.05) is 4.90 Å². The number of hydrogen-bond acceptors (Lipinski definition) is 6. The molecular formula is C46H35N5O. The summed E-state index contributed by atoms with van der Waals surface area (Å²) >= 11 is 0. The first-order valence-corrected chi connectivity index (χ1v) is 17.4. The lowest BCUT2D eigenvalue weighted by Crippen LogP contribution is -2.33. The predicted molar refractivity (Wildman–Crippen MR) is 212 cm³/mol. The highest BCUT2D eigenvalue weighted by Crippen LogP contribution is 2.56. The van der Waals surface area contributed by atoms with E-state index in [-0.39, 0.29) is 0 Å². The third-order valence-corrected chi connectivity index (χ3v) is 10.1. The Bertz CT molecular complexity index is 2690. The van der Waals surface area contributed by atoms with Gasteiger partial charge in [-0.15, -0.1) is 0 Å². The van der Waals surface area contributed by atoms with Crippen molar-refractivity contribution in [3.05, 3.63) is 169 Å². The molecule has 250 valence electrons. The Balaban J connectivity index is 1.39. The fourth-order valence-electron chi connectivity index (χ4n) is 7.69. The maximum absolute atomic E-state index is 6.83. The van der Waals surface area contributed by atoms with Crippen LogP contribution in [-0.4, -0.2) is 19.9 Å². The number of anilines is 3. The minimum absolute atomic E-state index is 0.502. The summed E-state index contributed by atoms with van der Waals surface area (Å²) in [4.78, 5) is 22.5. The number of furan rings is 1. The number of rotatable bonds is 6. The lowest BCUT2D eigenvalue weighted by molar-refractivity contribution is 0.571. The molecule has 0 radical (unpaired) electrons. The van der Waals surface area contributed by atoms with Crippen LogP contribution in [0.1, 0.15) is 36.4 Å². The molecule has 9 rings (SSSR count). The number of nitrogens with zero attached hydrogens (tertiary/aromatic N) is 5. The quantitative estimate of drug-likeness (QED) is 0.164. The molecule has 6 nitrogen and oxygen atoms in total.